The zero-order valence-corrected chi connectivity index (χ0v) is 29.0. The van der Waals surface area contributed by atoms with Gasteiger partial charge in [-0.2, -0.15) is 0 Å². The van der Waals surface area contributed by atoms with E-state index in [9.17, 15) is 40.9 Å². The van der Waals surface area contributed by atoms with Crippen molar-refractivity contribution in [2.45, 2.75) is 154 Å². The van der Waals surface area contributed by atoms with Gasteiger partial charge in [0.05, 0.1) is 37.1 Å². The van der Waals surface area contributed by atoms with Gasteiger partial charge in [-0.1, -0.05) is 46.3 Å². The van der Waals surface area contributed by atoms with Crippen LogP contribution in [0.3, 0.4) is 0 Å². The van der Waals surface area contributed by atoms with Gasteiger partial charge < -0.3 is 50.3 Å². The topological polar surface area (TPSA) is 180 Å². The van der Waals surface area contributed by atoms with E-state index in [2.05, 4.69) is 34.6 Å². The molecule has 0 aromatic rings. The van der Waals surface area contributed by atoms with Gasteiger partial charge in [-0.3, -0.25) is 0 Å². The maximum absolute atomic E-state index is 12.3. The van der Waals surface area contributed by atoms with Crippen LogP contribution in [0.5, 0.6) is 0 Å². The molecule has 0 aromatic carbocycles. The first-order valence-corrected chi connectivity index (χ1v) is 17.6. The SMILES string of the molecule is C/C(=C\CC[C@](C)(O[C@@H]1O[C@H](CO)[C@@H](O)[C@H](O)[C@H]1O)[C@H]1CC[C@]2(C)[C@@H]1[C@H](O)C[C@@H]1[C@@]3(C)[C@H](O)C[C@H](O)C(C)(C)[C@@H]3CC[C@]12C)CO. The molecular formula is C36H62O10. The molecule has 46 heavy (non-hydrogen) atoms. The van der Waals surface area contributed by atoms with E-state index in [-0.39, 0.29) is 46.5 Å². The third-order valence-electron chi connectivity index (χ3n) is 14.9. The average molecular weight is 655 g/mol. The van der Waals surface area contributed by atoms with Crippen LogP contribution in [0.25, 0.3) is 0 Å². The molecule has 5 fully saturated rings. The molecule has 5 rings (SSSR count). The Morgan fingerprint density at radius 2 is 1.50 bits per heavy atom. The van der Waals surface area contributed by atoms with Crippen molar-refractivity contribution in [1.82, 2.24) is 0 Å². The van der Waals surface area contributed by atoms with E-state index in [1.54, 1.807) is 0 Å². The van der Waals surface area contributed by atoms with Crippen LogP contribution in [0.2, 0.25) is 0 Å². The van der Waals surface area contributed by atoms with Crippen LogP contribution < -0.4 is 0 Å². The highest BCUT2D eigenvalue weighted by Crippen LogP contribution is 2.76. The largest absolute Gasteiger partial charge is 0.394 e. The van der Waals surface area contributed by atoms with Crippen molar-refractivity contribution >= 4 is 0 Å². The Labute approximate surface area is 274 Å². The van der Waals surface area contributed by atoms with Gasteiger partial charge in [0.25, 0.3) is 0 Å². The molecule has 0 spiro atoms. The van der Waals surface area contributed by atoms with Crippen molar-refractivity contribution in [2.24, 2.45) is 45.3 Å². The fraction of sp³-hybridized carbons (Fsp3) is 0.944. The predicted octanol–water partition coefficient (Wildman–Crippen LogP) is 2.27. The maximum atomic E-state index is 12.3. The second kappa shape index (κ2) is 12.6. The molecule has 1 heterocycles. The van der Waals surface area contributed by atoms with E-state index in [1.165, 1.54) is 0 Å². The molecule has 0 unspecified atom stereocenters. The van der Waals surface area contributed by atoms with Crippen LogP contribution >= 0.6 is 0 Å². The smallest absolute Gasteiger partial charge is 0.187 e. The van der Waals surface area contributed by atoms with E-state index in [4.69, 9.17) is 9.47 Å². The van der Waals surface area contributed by atoms with Gasteiger partial charge in [0.1, 0.15) is 24.4 Å². The lowest BCUT2D eigenvalue weighted by Gasteiger charge is -2.71. The summed E-state index contributed by atoms with van der Waals surface area (Å²) < 4.78 is 12.5. The number of ether oxygens (including phenoxy) is 2. The number of aliphatic hydroxyl groups is 8. The molecule has 0 radical (unpaired) electrons. The van der Waals surface area contributed by atoms with Crippen molar-refractivity contribution in [3.05, 3.63) is 11.6 Å². The third-order valence-corrected chi connectivity index (χ3v) is 14.9. The van der Waals surface area contributed by atoms with Gasteiger partial charge in [-0.05, 0) is 98.7 Å². The minimum absolute atomic E-state index is 0.0447. The molecule has 1 saturated heterocycles. The van der Waals surface area contributed by atoms with Gasteiger partial charge in [0.2, 0.25) is 0 Å². The first-order valence-electron chi connectivity index (χ1n) is 17.6. The lowest BCUT2D eigenvalue weighted by atomic mass is 9.34. The van der Waals surface area contributed by atoms with Crippen molar-refractivity contribution in [3.8, 4) is 0 Å². The van der Waals surface area contributed by atoms with Crippen molar-refractivity contribution in [3.63, 3.8) is 0 Å². The highest BCUT2D eigenvalue weighted by atomic mass is 16.7. The fourth-order valence-corrected chi connectivity index (χ4v) is 11.8. The predicted molar refractivity (Wildman–Crippen MR) is 171 cm³/mol. The summed E-state index contributed by atoms with van der Waals surface area (Å²) in [6, 6.07) is 0. The number of hydrogen-bond donors (Lipinski definition) is 8. The molecule has 8 N–H and O–H groups in total. The maximum Gasteiger partial charge on any atom is 0.187 e. The quantitative estimate of drug-likeness (QED) is 0.181. The van der Waals surface area contributed by atoms with E-state index in [0.29, 0.717) is 25.7 Å². The number of aliphatic hydroxyl groups excluding tert-OH is 8. The molecule has 4 aliphatic carbocycles. The first kappa shape index (κ1) is 36.6. The van der Waals surface area contributed by atoms with Crippen LogP contribution in [0.4, 0.5) is 0 Å². The summed E-state index contributed by atoms with van der Waals surface area (Å²) in [5, 5.41) is 86.3. The van der Waals surface area contributed by atoms with E-state index in [1.807, 2.05) is 19.9 Å². The van der Waals surface area contributed by atoms with E-state index >= 15 is 0 Å². The fourth-order valence-electron chi connectivity index (χ4n) is 11.8. The standard InChI is InChI=1S/C36H62O10/c1-19(17-37)9-8-12-35(6,46-31-30(44)29(43)28(42)22(18-38)45-31)20-10-13-34(5)27(20)21(39)15-24-33(34,4)14-11-23-32(2,3)25(40)16-26(41)36(23,24)7/h9,20-31,37-44H,8,10-18H2,1-7H3/b19-9+/t20-,21+,22+,23-,24-,25-,26+,27-,28+,29-,30+,31-,33+,34+,35-,36-/m0/s1. The number of hydrogen-bond acceptors (Lipinski definition) is 10. The molecule has 16 atom stereocenters. The van der Waals surface area contributed by atoms with Crippen molar-refractivity contribution in [2.75, 3.05) is 13.2 Å². The Balaban J connectivity index is 1.50. The lowest BCUT2D eigenvalue weighted by Crippen LogP contribution is -2.70. The summed E-state index contributed by atoms with van der Waals surface area (Å²) in [6.07, 6.45) is -1.64. The molecule has 0 bridgehead atoms. The minimum Gasteiger partial charge on any atom is -0.394 e. The zero-order chi connectivity index (χ0) is 34.2. The molecule has 1 aliphatic heterocycles. The lowest BCUT2D eigenvalue weighted by molar-refractivity contribution is -0.336. The van der Waals surface area contributed by atoms with Gasteiger partial charge in [-0.15, -0.1) is 0 Å². The van der Waals surface area contributed by atoms with Gasteiger partial charge in [-0.25, -0.2) is 0 Å². The second-order valence-electron chi connectivity index (χ2n) is 17.3. The highest BCUT2D eigenvalue weighted by Gasteiger charge is 2.73. The average Bonchev–Trinajstić information content (AvgIpc) is 3.38. The Hall–Kier alpha value is -0.660. The summed E-state index contributed by atoms with van der Waals surface area (Å²) in [7, 11) is 0. The van der Waals surface area contributed by atoms with E-state index < -0.39 is 66.6 Å². The Morgan fingerprint density at radius 1 is 0.848 bits per heavy atom. The summed E-state index contributed by atoms with van der Waals surface area (Å²) in [4.78, 5) is 0. The molecule has 5 aliphatic rings. The molecule has 10 nitrogen and oxygen atoms in total. The Kier molecular flexibility index (Phi) is 10.0. The molecule has 266 valence electrons. The molecule has 4 saturated carbocycles. The van der Waals surface area contributed by atoms with Gasteiger partial charge in [0.15, 0.2) is 6.29 Å². The monoisotopic (exact) mass is 654 g/mol. The molecule has 0 amide bonds. The number of allylic oxidation sites excluding steroid dienone is 1. The van der Waals surface area contributed by atoms with Crippen LogP contribution in [0.1, 0.15) is 99.8 Å². The highest BCUT2D eigenvalue weighted by molar-refractivity contribution is 5.21. The second-order valence-corrected chi connectivity index (χ2v) is 17.3. The van der Waals surface area contributed by atoms with Crippen LogP contribution in [-0.4, -0.2) is 109 Å². The normalized spacial score (nSPS) is 51.9. The molecule has 0 aromatic heterocycles. The van der Waals surface area contributed by atoms with Crippen LogP contribution in [0.15, 0.2) is 11.6 Å². The first-order chi connectivity index (χ1) is 21.3. The van der Waals surface area contributed by atoms with Crippen molar-refractivity contribution < 1.29 is 50.3 Å². The van der Waals surface area contributed by atoms with E-state index in [0.717, 1.165) is 31.3 Å². The number of rotatable bonds is 8. The number of fused-ring (bicyclic) bond motifs is 5. The zero-order valence-electron chi connectivity index (χ0n) is 29.0. The summed E-state index contributed by atoms with van der Waals surface area (Å²) >= 11 is 0. The summed E-state index contributed by atoms with van der Waals surface area (Å²) in [5.74, 6) is -0.155. The van der Waals surface area contributed by atoms with Crippen LogP contribution in [0, 0.1) is 45.3 Å². The Morgan fingerprint density at radius 3 is 2.13 bits per heavy atom. The van der Waals surface area contributed by atoms with Crippen molar-refractivity contribution in [1.29, 1.82) is 0 Å². The third kappa shape index (κ3) is 5.37. The Bertz CT molecular complexity index is 1130. The summed E-state index contributed by atoms with van der Waals surface area (Å²) in [5.41, 5.74) is -1.44. The molecular weight excluding hydrogens is 592 g/mol. The summed E-state index contributed by atoms with van der Waals surface area (Å²) in [6.45, 7) is 14.3. The minimum atomic E-state index is -1.56. The van der Waals surface area contributed by atoms with Crippen LogP contribution in [-0.2, 0) is 9.47 Å². The van der Waals surface area contributed by atoms with Gasteiger partial charge in [0, 0.05) is 11.8 Å². The van der Waals surface area contributed by atoms with Gasteiger partial charge >= 0.3 is 0 Å². The molecule has 10 heteroatoms.